The summed E-state index contributed by atoms with van der Waals surface area (Å²) in [6.45, 7) is 9.01. The van der Waals surface area contributed by atoms with Gasteiger partial charge in [-0.1, -0.05) is 34.6 Å². The highest BCUT2D eigenvalue weighted by atomic mass is 16.3. The Bertz CT molecular complexity index is 1330. The predicted octanol–water partition coefficient (Wildman–Crippen LogP) is -3.59. The summed E-state index contributed by atoms with van der Waals surface area (Å²) in [5.41, 5.74) is 21.4. The van der Waals surface area contributed by atoms with Crippen LogP contribution in [-0.2, 0) is 28.8 Å². The Balaban J connectivity index is 6.31. The van der Waals surface area contributed by atoms with E-state index in [-0.39, 0.29) is 74.9 Å². The highest BCUT2D eigenvalue weighted by Gasteiger charge is 2.33. The van der Waals surface area contributed by atoms with Crippen molar-refractivity contribution in [1.82, 2.24) is 42.5 Å². The third-order valence-electron chi connectivity index (χ3n) is 8.34. The van der Waals surface area contributed by atoms with Gasteiger partial charge in [-0.25, -0.2) is 0 Å². The largest absolute Gasteiger partial charge is 0.394 e. The van der Waals surface area contributed by atoms with Crippen molar-refractivity contribution in [2.75, 3.05) is 26.2 Å². The van der Waals surface area contributed by atoms with Crippen LogP contribution in [0.1, 0.15) is 86.0 Å². The number of amides is 6. The molecule has 0 aromatic carbocycles. The average molecular weight is 798 g/mol. The van der Waals surface area contributed by atoms with Crippen molar-refractivity contribution in [3.63, 3.8) is 0 Å². The number of primary amides is 1. The second-order valence-corrected chi connectivity index (χ2v) is 14.5. The Hall–Kier alpha value is -5.41. The van der Waals surface area contributed by atoms with Crippen LogP contribution in [-0.4, -0.2) is 115 Å². The summed E-state index contributed by atoms with van der Waals surface area (Å²) in [5, 5.41) is 52.7. The fourth-order valence-corrected chi connectivity index (χ4v) is 5.37. The van der Waals surface area contributed by atoms with Gasteiger partial charge in [-0.05, 0) is 63.2 Å². The molecule has 0 aliphatic rings. The molecule has 0 heterocycles. The van der Waals surface area contributed by atoms with E-state index < -0.39 is 78.2 Å². The Morgan fingerprint density at radius 3 is 1.11 bits per heavy atom. The summed E-state index contributed by atoms with van der Waals surface area (Å²) in [5.74, 6) is -5.73. The van der Waals surface area contributed by atoms with Gasteiger partial charge in [0, 0.05) is 25.6 Å². The molecular weight excluding hydrogens is 730 g/mol. The normalized spacial score (nSPS) is 14.1. The molecule has 0 aliphatic heterocycles. The fourth-order valence-electron chi connectivity index (χ4n) is 5.37. The van der Waals surface area contributed by atoms with E-state index in [0.29, 0.717) is 25.8 Å². The molecule has 6 atom stereocenters. The number of rotatable bonds is 28. The lowest BCUT2D eigenvalue weighted by Gasteiger charge is -2.28. The minimum absolute atomic E-state index is 0.0357. The summed E-state index contributed by atoms with van der Waals surface area (Å²) >= 11 is 0. The van der Waals surface area contributed by atoms with Gasteiger partial charge in [0.15, 0.2) is 17.9 Å². The number of carbonyl (C=O) groups is 6. The van der Waals surface area contributed by atoms with E-state index in [4.69, 9.17) is 39.2 Å². The summed E-state index contributed by atoms with van der Waals surface area (Å²) in [6.07, 6.45) is 1.96. The molecule has 0 bridgehead atoms. The second kappa shape index (κ2) is 27.2. The lowest BCUT2D eigenvalue weighted by atomic mass is 9.99. The number of hydrogen-bond acceptors (Lipinski definition) is 10. The number of guanidine groups is 3. The molecule has 0 saturated heterocycles. The topological polar surface area (TPSA) is 395 Å². The van der Waals surface area contributed by atoms with Crippen LogP contribution in [0.2, 0.25) is 0 Å². The Labute approximate surface area is 328 Å². The third-order valence-corrected chi connectivity index (χ3v) is 8.34. The highest BCUT2D eigenvalue weighted by Crippen LogP contribution is 2.12. The van der Waals surface area contributed by atoms with Gasteiger partial charge in [-0.2, -0.15) is 0 Å². The van der Waals surface area contributed by atoms with Crippen LogP contribution in [0.4, 0.5) is 0 Å². The van der Waals surface area contributed by atoms with Gasteiger partial charge in [0.05, 0.1) is 6.61 Å². The molecule has 320 valence electrons. The second-order valence-electron chi connectivity index (χ2n) is 14.5. The third kappa shape index (κ3) is 22.7. The van der Waals surface area contributed by atoms with Gasteiger partial charge in [0.2, 0.25) is 35.4 Å². The number of hydrogen-bond donors (Lipinski definition) is 16. The summed E-state index contributed by atoms with van der Waals surface area (Å²) in [6, 6.07) is -6.02. The summed E-state index contributed by atoms with van der Waals surface area (Å²) in [4.78, 5) is 79.4. The lowest BCUT2D eigenvalue weighted by molar-refractivity contribution is -0.136. The number of aliphatic hydroxyl groups excluding tert-OH is 1. The van der Waals surface area contributed by atoms with Crippen LogP contribution in [0.15, 0.2) is 0 Å². The molecule has 0 fully saturated rings. The maximum atomic E-state index is 13.9. The van der Waals surface area contributed by atoms with Crippen LogP contribution in [0.3, 0.4) is 0 Å². The maximum Gasteiger partial charge on any atom is 0.243 e. The molecule has 56 heavy (non-hydrogen) atoms. The minimum atomic E-state index is -1.38. The first kappa shape index (κ1) is 50.6. The van der Waals surface area contributed by atoms with Crippen molar-refractivity contribution in [2.24, 2.45) is 40.7 Å². The summed E-state index contributed by atoms with van der Waals surface area (Å²) < 4.78 is 0. The minimum Gasteiger partial charge on any atom is -0.394 e. The van der Waals surface area contributed by atoms with Crippen LogP contribution in [0.25, 0.3) is 0 Å². The Morgan fingerprint density at radius 1 is 0.482 bits per heavy atom. The maximum absolute atomic E-state index is 13.9. The van der Waals surface area contributed by atoms with E-state index in [1.54, 1.807) is 6.92 Å². The predicted molar refractivity (Wildman–Crippen MR) is 211 cm³/mol. The zero-order valence-corrected chi connectivity index (χ0v) is 33.3. The molecule has 22 heteroatoms. The van der Waals surface area contributed by atoms with Crippen molar-refractivity contribution in [3.05, 3.63) is 0 Å². The van der Waals surface area contributed by atoms with Gasteiger partial charge in [0.25, 0.3) is 0 Å². The SMILES string of the molecule is CC(C)C[C@H](NC(=O)[C@H](CC(C)C)NC(=O)[C@H](CCCNC(=N)N)NC(=O)[C@H](CCCNC(=N)N)NC(=O)[C@@H](C)CCCNC(=N)N)C(=O)N[C@@H](CO)C(N)=O. The molecule has 0 radical (unpaired) electrons. The standard InChI is InChI=1S/C34H67N15O7/c1-18(2)15-23(30(55)48-24(16-19(3)4)31(56)49-25(17-50)26(35)51)47-29(54)22(11-8-14-44-34(40)41)46-28(53)21(10-7-13-43-33(38)39)45-27(52)20(5)9-6-12-42-32(36)37/h18-25,50H,6-17H2,1-5H3,(H2,35,51)(H,45,52)(H,46,53)(H,47,54)(H,48,55)(H,49,56)(H4,36,37,42)(H4,38,39,43)(H4,40,41,44)/t20-,21-,22-,23-,24-,25-/m0/s1. The number of aliphatic hydroxyl groups is 1. The van der Waals surface area contributed by atoms with Gasteiger partial charge < -0.3 is 70.6 Å². The van der Waals surface area contributed by atoms with Gasteiger partial charge in [-0.3, -0.25) is 45.0 Å². The first-order valence-electron chi connectivity index (χ1n) is 18.8. The van der Waals surface area contributed by atoms with Crippen LogP contribution < -0.4 is 65.5 Å². The molecular formula is C34H67N15O7. The zero-order chi connectivity index (χ0) is 43.0. The van der Waals surface area contributed by atoms with Gasteiger partial charge in [0.1, 0.15) is 30.2 Å². The molecule has 0 unspecified atom stereocenters. The number of carbonyl (C=O) groups excluding carboxylic acids is 6. The fraction of sp³-hybridized carbons (Fsp3) is 0.735. The molecule has 22 nitrogen and oxygen atoms in total. The first-order valence-corrected chi connectivity index (χ1v) is 18.8. The van der Waals surface area contributed by atoms with E-state index in [1.165, 1.54) is 0 Å². The average Bonchev–Trinajstić information content (AvgIpc) is 3.09. The van der Waals surface area contributed by atoms with Crippen molar-refractivity contribution < 1.29 is 33.9 Å². The van der Waals surface area contributed by atoms with Crippen molar-refractivity contribution in [3.8, 4) is 0 Å². The van der Waals surface area contributed by atoms with Gasteiger partial charge >= 0.3 is 0 Å². The quantitative estimate of drug-likeness (QED) is 0.0207. The van der Waals surface area contributed by atoms with Gasteiger partial charge in [-0.15, -0.1) is 0 Å². The van der Waals surface area contributed by atoms with E-state index in [2.05, 4.69) is 42.5 Å². The number of nitrogens with one attached hydrogen (secondary N) is 11. The van der Waals surface area contributed by atoms with Crippen LogP contribution in [0.5, 0.6) is 0 Å². The molecule has 0 aliphatic carbocycles. The summed E-state index contributed by atoms with van der Waals surface area (Å²) in [7, 11) is 0. The van der Waals surface area contributed by atoms with E-state index in [0.717, 1.165) is 0 Å². The monoisotopic (exact) mass is 798 g/mol. The molecule has 0 aromatic rings. The van der Waals surface area contributed by atoms with Crippen LogP contribution in [0, 0.1) is 34.0 Å². The van der Waals surface area contributed by atoms with E-state index in [1.807, 2.05) is 27.7 Å². The molecule has 20 N–H and O–H groups in total. The zero-order valence-electron chi connectivity index (χ0n) is 33.3. The van der Waals surface area contributed by atoms with Crippen LogP contribution >= 0.6 is 0 Å². The first-order chi connectivity index (χ1) is 26.2. The van der Waals surface area contributed by atoms with Crippen molar-refractivity contribution >= 4 is 53.3 Å². The molecule has 6 amide bonds. The smallest absolute Gasteiger partial charge is 0.243 e. The van der Waals surface area contributed by atoms with Crippen molar-refractivity contribution in [2.45, 2.75) is 116 Å². The number of nitrogens with two attached hydrogens (primary N) is 4. The van der Waals surface area contributed by atoms with Crippen molar-refractivity contribution in [1.29, 1.82) is 16.2 Å². The van der Waals surface area contributed by atoms with E-state index in [9.17, 15) is 33.9 Å². The lowest BCUT2D eigenvalue weighted by Crippen LogP contribution is -2.59. The molecule has 0 spiro atoms. The highest BCUT2D eigenvalue weighted by molar-refractivity contribution is 5.96. The van der Waals surface area contributed by atoms with E-state index >= 15 is 0 Å². The Kier molecular flexibility index (Phi) is 24.6. The molecule has 0 saturated carbocycles. The molecule has 0 rings (SSSR count). The molecule has 0 aromatic heterocycles. The Morgan fingerprint density at radius 2 is 0.786 bits per heavy atom.